The Labute approximate surface area is 161 Å². The third-order valence-electron chi connectivity index (χ3n) is 4.59. The van der Waals surface area contributed by atoms with E-state index in [0.717, 1.165) is 11.3 Å². The molecule has 2 heterocycles. The number of nitrogens with zero attached hydrogens (tertiary/aromatic N) is 3. The number of carbonyl (C=O) groups excluding carboxylic acids is 2. The molecule has 0 atom stereocenters. The molecule has 1 aliphatic rings. The second-order valence-corrected chi connectivity index (χ2v) is 6.68. The molecule has 0 unspecified atom stereocenters. The smallest absolute Gasteiger partial charge is 0.254 e. The van der Waals surface area contributed by atoms with Gasteiger partial charge in [-0.1, -0.05) is 35.9 Å². The third-order valence-corrected chi connectivity index (χ3v) is 4.91. The maximum Gasteiger partial charge on any atom is 0.254 e. The first-order valence-electron chi connectivity index (χ1n) is 8.57. The van der Waals surface area contributed by atoms with Crippen LogP contribution in [0.25, 0.3) is 11.3 Å². The van der Waals surface area contributed by atoms with Gasteiger partial charge in [0.1, 0.15) is 6.54 Å². The zero-order valence-electron chi connectivity index (χ0n) is 14.4. The van der Waals surface area contributed by atoms with Crippen LogP contribution in [0.4, 0.5) is 5.69 Å². The van der Waals surface area contributed by atoms with E-state index in [1.54, 1.807) is 34.2 Å². The summed E-state index contributed by atoms with van der Waals surface area (Å²) in [6.45, 7) is 0.908. The Morgan fingerprint density at radius 2 is 1.81 bits per heavy atom. The van der Waals surface area contributed by atoms with Gasteiger partial charge in [0.05, 0.1) is 16.4 Å². The Morgan fingerprint density at radius 1 is 1.04 bits per heavy atom. The second-order valence-electron chi connectivity index (χ2n) is 6.27. The number of aromatic nitrogens is 2. The van der Waals surface area contributed by atoms with Crippen LogP contribution < -0.4 is 4.90 Å². The lowest BCUT2D eigenvalue weighted by atomic mass is 10.1. The first-order valence-corrected chi connectivity index (χ1v) is 8.95. The highest BCUT2D eigenvalue weighted by atomic mass is 35.5. The summed E-state index contributed by atoms with van der Waals surface area (Å²) in [5.41, 5.74) is 3.07. The van der Waals surface area contributed by atoms with Gasteiger partial charge in [0.2, 0.25) is 5.91 Å². The summed E-state index contributed by atoms with van der Waals surface area (Å²) < 4.78 is 0. The lowest BCUT2D eigenvalue weighted by molar-refractivity contribution is -0.120. The molecule has 0 saturated carbocycles. The van der Waals surface area contributed by atoms with Crippen LogP contribution in [-0.2, 0) is 4.79 Å². The molecule has 1 N–H and O–H groups in total. The van der Waals surface area contributed by atoms with E-state index in [1.165, 1.54) is 0 Å². The topological polar surface area (TPSA) is 69.3 Å². The fraction of sp³-hybridized carbons (Fsp3) is 0.150. The van der Waals surface area contributed by atoms with Crippen LogP contribution in [0.1, 0.15) is 10.4 Å². The zero-order chi connectivity index (χ0) is 18.8. The van der Waals surface area contributed by atoms with Crippen molar-refractivity contribution < 1.29 is 9.59 Å². The molecule has 0 radical (unpaired) electrons. The molecular weight excluding hydrogens is 364 g/mol. The van der Waals surface area contributed by atoms with Gasteiger partial charge in [-0.2, -0.15) is 5.10 Å². The molecule has 1 fully saturated rings. The number of amides is 2. The third kappa shape index (κ3) is 3.44. The largest absolute Gasteiger partial charge is 0.328 e. The summed E-state index contributed by atoms with van der Waals surface area (Å²) in [7, 11) is 0. The summed E-state index contributed by atoms with van der Waals surface area (Å²) in [5.74, 6) is -0.296. The van der Waals surface area contributed by atoms with Crippen molar-refractivity contribution in [2.45, 2.75) is 0 Å². The van der Waals surface area contributed by atoms with E-state index in [0.29, 0.717) is 29.4 Å². The molecule has 27 heavy (non-hydrogen) atoms. The van der Waals surface area contributed by atoms with Crippen molar-refractivity contribution in [2.75, 3.05) is 24.5 Å². The van der Waals surface area contributed by atoms with Crippen LogP contribution in [0.3, 0.4) is 0 Å². The van der Waals surface area contributed by atoms with Crippen molar-refractivity contribution in [1.82, 2.24) is 15.1 Å². The minimum absolute atomic E-state index is 0.0341. The molecule has 0 bridgehead atoms. The molecule has 4 rings (SSSR count). The lowest BCUT2D eigenvalue weighted by Crippen LogP contribution is -2.52. The Hall–Kier alpha value is -3.12. The van der Waals surface area contributed by atoms with Gasteiger partial charge in [0.15, 0.2) is 0 Å². The van der Waals surface area contributed by atoms with E-state index in [9.17, 15) is 9.59 Å². The first kappa shape index (κ1) is 17.3. The van der Waals surface area contributed by atoms with Crippen LogP contribution >= 0.6 is 11.6 Å². The fourth-order valence-corrected chi connectivity index (χ4v) is 3.40. The van der Waals surface area contributed by atoms with Gasteiger partial charge in [0.25, 0.3) is 5.91 Å². The number of anilines is 1. The van der Waals surface area contributed by atoms with Gasteiger partial charge in [-0.05, 0) is 35.9 Å². The number of hydrogen-bond donors (Lipinski definition) is 1. The summed E-state index contributed by atoms with van der Waals surface area (Å²) in [5, 5.41) is 7.34. The molecule has 1 aliphatic heterocycles. The Balaban J connectivity index is 1.46. The van der Waals surface area contributed by atoms with Gasteiger partial charge < -0.3 is 9.80 Å². The van der Waals surface area contributed by atoms with E-state index in [-0.39, 0.29) is 18.4 Å². The number of aromatic amines is 1. The molecule has 3 aromatic rings. The number of nitrogens with one attached hydrogen (secondary N) is 1. The van der Waals surface area contributed by atoms with E-state index in [2.05, 4.69) is 10.2 Å². The Morgan fingerprint density at radius 3 is 2.48 bits per heavy atom. The molecule has 0 spiro atoms. The number of halogens is 1. The van der Waals surface area contributed by atoms with E-state index in [1.807, 2.05) is 36.4 Å². The SMILES string of the molecule is O=C(c1ccc(-c2ccn[nH]2)cc1)N1CCN(c2ccccc2Cl)C(=O)C1. The average molecular weight is 381 g/mol. The predicted molar refractivity (Wildman–Crippen MR) is 104 cm³/mol. The molecule has 136 valence electrons. The highest BCUT2D eigenvalue weighted by Crippen LogP contribution is 2.27. The van der Waals surface area contributed by atoms with Crippen LogP contribution in [0.2, 0.25) is 5.02 Å². The predicted octanol–water partition coefficient (Wildman–Crippen LogP) is 3.22. The first-order chi connectivity index (χ1) is 13.1. The molecule has 1 saturated heterocycles. The molecule has 0 aliphatic carbocycles. The normalized spacial score (nSPS) is 14.5. The number of para-hydroxylation sites is 1. The summed E-state index contributed by atoms with van der Waals surface area (Å²) in [4.78, 5) is 28.5. The number of piperazine rings is 1. The van der Waals surface area contributed by atoms with Gasteiger partial charge in [-0.25, -0.2) is 0 Å². The van der Waals surface area contributed by atoms with E-state index < -0.39 is 0 Å². The monoisotopic (exact) mass is 380 g/mol. The van der Waals surface area contributed by atoms with Gasteiger partial charge in [0, 0.05) is 24.8 Å². The summed E-state index contributed by atoms with van der Waals surface area (Å²) >= 11 is 6.19. The van der Waals surface area contributed by atoms with Crippen molar-refractivity contribution in [3.05, 3.63) is 71.4 Å². The van der Waals surface area contributed by atoms with Crippen LogP contribution in [0, 0.1) is 0 Å². The highest BCUT2D eigenvalue weighted by molar-refractivity contribution is 6.33. The highest BCUT2D eigenvalue weighted by Gasteiger charge is 2.29. The van der Waals surface area contributed by atoms with E-state index >= 15 is 0 Å². The zero-order valence-corrected chi connectivity index (χ0v) is 15.2. The molecule has 7 heteroatoms. The number of benzene rings is 2. The van der Waals surface area contributed by atoms with Gasteiger partial charge in [-0.3, -0.25) is 14.7 Å². The van der Waals surface area contributed by atoms with Crippen molar-refractivity contribution in [3.8, 4) is 11.3 Å². The average Bonchev–Trinajstić information content (AvgIpc) is 3.23. The molecule has 2 aromatic carbocycles. The molecular formula is C20H17ClN4O2. The van der Waals surface area contributed by atoms with Crippen LogP contribution in [0.5, 0.6) is 0 Å². The molecule has 1 aromatic heterocycles. The van der Waals surface area contributed by atoms with Crippen molar-refractivity contribution in [1.29, 1.82) is 0 Å². The van der Waals surface area contributed by atoms with Gasteiger partial charge in [-0.15, -0.1) is 0 Å². The Bertz CT molecular complexity index is 970. The minimum atomic E-state index is -0.154. The maximum absolute atomic E-state index is 12.8. The van der Waals surface area contributed by atoms with Crippen molar-refractivity contribution >= 4 is 29.1 Å². The van der Waals surface area contributed by atoms with E-state index in [4.69, 9.17) is 11.6 Å². The second kappa shape index (κ2) is 7.25. The molecule has 2 amide bonds. The minimum Gasteiger partial charge on any atom is -0.328 e. The maximum atomic E-state index is 12.8. The summed E-state index contributed by atoms with van der Waals surface area (Å²) in [6.07, 6.45) is 1.68. The summed E-state index contributed by atoms with van der Waals surface area (Å²) in [6, 6.07) is 16.4. The van der Waals surface area contributed by atoms with Crippen LogP contribution in [-0.4, -0.2) is 46.5 Å². The van der Waals surface area contributed by atoms with Gasteiger partial charge >= 0.3 is 0 Å². The standard InChI is InChI=1S/C20H17ClN4O2/c21-16-3-1-2-4-18(16)25-12-11-24(13-19(25)26)20(27)15-7-5-14(6-8-15)17-9-10-22-23-17/h1-10H,11-13H2,(H,22,23). The fourth-order valence-electron chi connectivity index (χ4n) is 3.16. The number of H-pyrrole nitrogens is 1. The lowest BCUT2D eigenvalue weighted by Gasteiger charge is -2.34. The number of rotatable bonds is 3. The Kier molecular flexibility index (Phi) is 4.64. The number of carbonyl (C=O) groups is 2. The number of hydrogen-bond acceptors (Lipinski definition) is 3. The van der Waals surface area contributed by atoms with Crippen molar-refractivity contribution in [2.24, 2.45) is 0 Å². The van der Waals surface area contributed by atoms with Crippen LogP contribution in [0.15, 0.2) is 60.8 Å². The quantitative estimate of drug-likeness (QED) is 0.758. The van der Waals surface area contributed by atoms with Crippen molar-refractivity contribution in [3.63, 3.8) is 0 Å². The molecule has 6 nitrogen and oxygen atoms in total.